The molecular formula is C24H30O. The number of Topliss-reactive ketones (excluding diaryl/α,β-unsaturated/α-hetero) is 1. The molecule has 1 aliphatic carbocycles. The Morgan fingerprint density at radius 1 is 1.08 bits per heavy atom. The summed E-state index contributed by atoms with van der Waals surface area (Å²) in [6, 6.07) is 8.63. The van der Waals surface area contributed by atoms with Crippen molar-refractivity contribution in [2.75, 3.05) is 0 Å². The van der Waals surface area contributed by atoms with Gasteiger partial charge in [0, 0.05) is 12.0 Å². The van der Waals surface area contributed by atoms with Crippen LogP contribution in [0.1, 0.15) is 50.7 Å². The van der Waals surface area contributed by atoms with Crippen molar-refractivity contribution in [2.45, 2.75) is 52.9 Å². The summed E-state index contributed by atoms with van der Waals surface area (Å²) in [6.45, 7) is 10.7. The first-order chi connectivity index (χ1) is 11.9. The van der Waals surface area contributed by atoms with Gasteiger partial charge in [-0.2, -0.15) is 0 Å². The van der Waals surface area contributed by atoms with Gasteiger partial charge in [0.15, 0.2) is 5.78 Å². The molecular weight excluding hydrogens is 304 g/mol. The first-order valence-corrected chi connectivity index (χ1v) is 9.26. The van der Waals surface area contributed by atoms with E-state index in [0.717, 1.165) is 31.3 Å². The highest BCUT2D eigenvalue weighted by Crippen LogP contribution is 2.21. The van der Waals surface area contributed by atoms with Gasteiger partial charge in [0.2, 0.25) is 0 Å². The van der Waals surface area contributed by atoms with Crippen molar-refractivity contribution in [1.29, 1.82) is 0 Å². The monoisotopic (exact) mass is 334 g/mol. The molecule has 25 heavy (non-hydrogen) atoms. The van der Waals surface area contributed by atoms with E-state index in [9.17, 15) is 4.79 Å². The molecule has 0 fully saturated rings. The molecule has 0 unspecified atom stereocenters. The highest BCUT2D eigenvalue weighted by atomic mass is 16.1. The maximum Gasteiger partial charge on any atom is 0.162 e. The molecule has 0 spiro atoms. The zero-order valence-corrected chi connectivity index (χ0v) is 15.8. The van der Waals surface area contributed by atoms with E-state index < -0.39 is 0 Å². The van der Waals surface area contributed by atoms with Crippen molar-refractivity contribution < 1.29 is 4.79 Å². The number of ketones is 1. The van der Waals surface area contributed by atoms with E-state index in [4.69, 9.17) is 0 Å². The third kappa shape index (κ3) is 6.70. The Morgan fingerprint density at radius 2 is 1.80 bits per heavy atom. The van der Waals surface area contributed by atoms with Gasteiger partial charge < -0.3 is 0 Å². The SMILES string of the molecule is C=C(CC1=CCC=C(C(=O)CCC(C)C)C=C1)Cc1ccc(C)cc1. The van der Waals surface area contributed by atoms with Gasteiger partial charge in [0.05, 0.1) is 0 Å². The molecule has 0 bridgehead atoms. The fourth-order valence-electron chi connectivity index (χ4n) is 2.92. The molecule has 1 nitrogen and oxygen atoms in total. The quantitative estimate of drug-likeness (QED) is 0.510. The number of allylic oxidation sites excluding steroid dienone is 7. The smallest absolute Gasteiger partial charge is 0.162 e. The fourth-order valence-corrected chi connectivity index (χ4v) is 2.92. The normalized spacial score (nSPS) is 14.1. The Bertz CT molecular complexity index is 696. The highest BCUT2D eigenvalue weighted by Gasteiger charge is 2.10. The maximum absolute atomic E-state index is 12.3. The van der Waals surface area contributed by atoms with Crippen LogP contribution in [0.15, 0.2) is 71.9 Å². The van der Waals surface area contributed by atoms with Gasteiger partial charge >= 0.3 is 0 Å². The summed E-state index contributed by atoms with van der Waals surface area (Å²) in [6.07, 6.45) is 12.5. The molecule has 0 aliphatic heterocycles. The molecule has 0 saturated heterocycles. The first-order valence-electron chi connectivity index (χ1n) is 9.26. The fraction of sp³-hybridized carbons (Fsp3) is 0.375. The van der Waals surface area contributed by atoms with E-state index in [-0.39, 0.29) is 5.78 Å². The van der Waals surface area contributed by atoms with Crippen LogP contribution in [0.25, 0.3) is 0 Å². The molecule has 0 radical (unpaired) electrons. The zero-order chi connectivity index (χ0) is 18.2. The van der Waals surface area contributed by atoms with Crippen LogP contribution in [-0.2, 0) is 11.2 Å². The molecule has 0 aromatic heterocycles. The number of carbonyl (C=O) groups excluding carboxylic acids is 1. The molecule has 132 valence electrons. The molecule has 2 rings (SSSR count). The van der Waals surface area contributed by atoms with Crippen LogP contribution in [0.4, 0.5) is 0 Å². The molecule has 1 aromatic rings. The second kappa shape index (κ2) is 9.36. The van der Waals surface area contributed by atoms with Crippen molar-refractivity contribution in [3.8, 4) is 0 Å². The largest absolute Gasteiger partial charge is 0.294 e. The van der Waals surface area contributed by atoms with E-state index in [1.54, 1.807) is 0 Å². The number of benzene rings is 1. The van der Waals surface area contributed by atoms with Crippen molar-refractivity contribution in [2.24, 2.45) is 5.92 Å². The van der Waals surface area contributed by atoms with Crippen molar-refractivity contribution in [3.63, 3.8) is 0 Å². The molecule has 0 saturated carbocycles. The second-order valence-electron chi connectivity index (χ2n) is 7.45. The van der Waals surface area contributed by atoms with Crippen LogP contribution >= 0.6 is 0 Å². The summed E-state index contributed by atoms with van der Waals surface area (Å²) in [5, 5.41) is 0. The third-order valence-corrected chi connectivity index (χ3v) is 4.49. The van der Waals surface area contributed by atoms with Crippen LogP contribution in [0.3, 0.4) is 0 Å². The van der Waals surface area contributed by atoms with Crippen LogP contribution in [-0.4, -0.2) is 5.78 Å². The van der Waals surface area contributed by atoms with Gasteiger partial charge in [0.1, 0.15) is 0 Å². The van der Waals surface area contributed by atoms with Gasteiger partial charge in [-0.3, -0.25) is 4.79 Å². The Labute approximate surface area is 152 Å². The number of aryl methyl sites for hydroxylation is 1. The lowest BCUT2D eigenvalue weighted by molar-refractivity contribution is -0.115. The van der Waals surface area contributed by atoms with Crippen LogP contribution < -0.4 is 0 Å². The van der Waals surface area contributed by atoms with Gasteiger partial charge in [-0.25, -0.2) is 0 Å². The van der Waals surface area contributed by atoms with Crippen molar-refractivity contribution in [3.05, 3.63) is 83.0 Å². The zero-order valence-electron chi connectivity index (χ0n) is 15.8. The minimum atomic E-state index is 0.262. The van der Waals surface area contributed by atoms with Crippen molar-refractivity contribution in [1.82, 2.24) is 0 Å². The first kappa shape index (κ1) is 19.2. The van der Waals surface area contributed by atoms with E-state index >= 15 is 0 Å². The Balaban J connectivity index is 1.88. The minimum absolute atomic E-state index is 0.262. The van der Waals surface area contributed by atoms with Crippen LogP contribution in [0, 0.1) is 12.8 Å². The summed E-state index contributed by atoms with van der Waals surface area (Å²) in [4.78, 5) is 12.3. The van der Waals surface area contributed by atoms with Crippen molar-refractivity contribution >= 4 is 5.78 Å². The standard InChI is InChI=1S/C24H30O/c1-18(2)8-15-24(25)23-7-5-6-21(13-14-23)16-20(4)17-22-11-9-19(3)10-12-22/h6-7,9-14,18H,4-5,8,15-17H2,1-3H3. The number of rotatable bonds is 8. The summed E-state index contributed by atoms with van der Waals surface area (Å²) in [5.41, 5.74) is 5.89. The molecule has 0 atom stereocenters. The molecule has 0 amide bonds. The topological polar surface area (TPSA) is 17.1 Å². The van der Waals surface area contributed by atoms with Crippen LogP contribution in [0.5, 0.6) is 0 Å². The molecule has 1 aromatic carbocycles. The molecule has 1 heteroatoms. The predicted molar refractivity (Wildman–Crippen MR) is 108 cm³/mol. The Hall–Kier alpha value is -2.15. The van der Waals surface area contributed by atoms with Gasteiger partial charge in [0.25, 0.3) is 0 Å². The summed E-state index contributed by atoms with van der Waals surface area (Å²) in [7, 11) is 0. The van der Waals surface area contributed by atoms with E-state index in [1.165, 1.54) is 22.3 Å². The minimum Gasteiger partial charge on any atom is -0.294 e. The lowest BCUT2D eigenvalue weighted by Crippen LogP contribution is -2.02. The summed E-state index contributed by atoms with van der Waals surface area (Å²) >= 11 is 0. The van der Waals surface area contributed by atoms with Gasteiger partial charge in [-0.05, 0) is 49.7 Å². The van der Waals surface area contributed by atoms with E-state index in [1.807, 2.05) is 6.08 Å². The lowest BCUT2D eigenvalue weighted by Gasteiger charge is -2.07. The Morgan fingerprint density at radius 3 is 2.48 bits per heavy atom. The average molecular weight is 335 g/mol. The second-order valence-corrected chi connectivity index (χ2v) is 7.45. The van der Waals surface area contributed by atoms with E-state index in [0.29, 0.717) is 12.3 Å². The number of hydrogen-bond donors (Lipinski definition) is 0. The molecule has 0 N–H and O–H groups in total. The highest BCUT2D eigenvalue weighted by molar-refractivity contribution is 5.98. The molecule has 0 heterocycles. The predicted octanol–water partition coefficient (Wildman–Crippen LogP) is 6.30. The van der Waals surface area contributed by atoms with Crippen LogP contribution in [0.2, 0.25) is 0 Å². The van der Waals surface area contributed by atoms with Gasteiger partial charge in [-0.1, -0.05) is 80.1 Å². The van der Waals surface area contributed by atoms with E-state index in [2.05, 4.69) is 69.8 Å². The van der Waals surface area contributed by atoms with Gasteiger partial charge in [-0.15, -0.1) is 0 Å². The summed E-state index contributed by atoms with van der Waals surface area (Å²) < 4.78 is 0. The third-order valence-electron chi connectivity index (χ3n) is 4.49. The molecule has 1 aliphatic rings. The Kier molecular flexibility index (Phi) is 7.18. The number of hydrogen-bond acceptors (Lipinski definition) is 1. The maximum atomic E-state index is 12.3. The summed E-state index contributed by atoms with van der Waals surface area (Å²) in [5.74, 6) is 0.830. The number of carbonyl (C=O) groups is 1. The lowest BCUT2D eigenvalue weighted by atomic mass is 9.98. The average Bonchev–Trinajstić information content (AvgIpc) is 2.80.